The summed E-state index contributed by atoms with van der Waals surface area (Å²) in [6, 6.07) is 1.43. The predicted octanol–water partition coefficient (Wildman–Crippen LogP) is 0.571. The SMILES string of the molecule is Cc1ncc(S(=O)[O-])cc1-c1nc2c(C)n(C)nc2c(=O)[nH]1.[Y+3]. The molecule has 0 saturated heterocycles. The molecule has 3 heterocycles. The van der Waals surface area contributed by atoms with Crippen LogP contribution < -0.4 is 5.56 Å². The molecular formula is C13H12N5O3SY+2. The van der Waals surface area contributed by atoms with Gasteiger partial charge in [0.15, 0.2) is 5.52 Å². The Balaban J connectivity index is 0.00000192. The molecule has 0 radical (unpaired) electrons. The molecule has 0 aliphatic carbocycles. The van der Waals surface area contributed by atoms with Crippen LogP contribution in [-0.2, 0) is 50.8 Å². The minimum atomic E-state index is -2.40. The molecule has 0 aliphatic rings. The molecule has 1 N–H and O–H groups in total. The van der Waals surface area contributed by atoms with Crippen LogP contribution >= 0.6 is 0 Å². The number of aromatic nitrogens is 5. The van der Waals surface area contributed by atoms with Gasteiger partial charge in [0.2, 0.25) is 0 Å². The van der Waals surface area contributed by atoms with Crippen molar-refractivity contribution in [2.24, 2.45) is 7.05 Å². The topological polar surface area (TPSA) is 117 Å². The molecular weight excluding hydrogens is 395 g/mol. The summed E-state index contributed by atoms with van der Waals surface area (Å²) in [5.74, 6) is 0.269. The maximum Gasteiger partial charge on any atom is 3.00 e. The molecule has 23 heavy (non-hydrogen) atoms. The zero-order valence-corrected chi connectivity index (χ0v) is 16.3. The first-order valence-corrected chi connectivity index (χ1v) is 7.46. The fourth-order valence-corrected chi connectivity index (χ4v) is 2.52. The van der Waals surface area contributed by atoms with Crippen LogP contribution in [-0.4, -0.2) is 33.5 Å². The molecule has 1 atom stereocenters. The van der Waals surface area contributed by atoms with Crippen molar-refractivity contribution in [2.75, 3.05) is 0 Å². The summed E-state index contributed by atoms with van der Waals surface area (Å²) in [6.45, 7) is 3.52. The van der Waals surface area contributed by atoms with E-state index < -0.39 is 11.1 Å². The Morgan fingerprint density at radius 2 is 2.00 bits per heavy atom. The summed E-state index contributed by atoms with van der Waals surface area (Å²) >= 11 is -2.40. The summed E-state index contributed by atoms with van der Waals surface area (Å²) in [5, 5.41) is 4.11. The van der Waals surface area contributed by atoms with Crippen molar-refractivity contribution in [3.63, 3.8) is 0 Å². The van der Waals surface area contributed by atoms with Crippen LogP contribution in [0.15, 0.2) is 22.0 Å². The normalized spacial score (nSPS) is 12.2. The van der Waals surface area contributed by atoms with Gasteiger partial charge in [-0.2, -0.15) is 5.10 Å². The van der Waals surface area contributed by atoms with E-state index in [-0.39, 0.29) is 54.5 Å². The first kappa shape index (κ1) is 18.1. The van der Waals surface area contributed by atoms with E-state index in [4.69, 9.17) is 0 Å². The van der Waals surface area contributed by atoms with Crippen LogP contribution in [0.25, 0.3) is 22.4 Å². The molecule has 10 heteroatoms. The van der Waals surface area contributed by atoms with Crippen LogP contribution in [0, 0.1) is 13.8 Å². The average Bonchev–Trinajstić information content (AvgIpc) is 2.76. The van der Waals surface area contributed by atoms with Gasteiger partial charge in [-0.15, -0.1) is 0 Å². The first-order valence-electron chi connectivity index (χ1n) is 6.38. The average molecular weight is 407 g/mol. The van der Waals surface area contributed by atoms with Gasteiger partial charge in [0.25, 0.3) is 5.56 Å². The molecule has 3 aromatic heterocycles. The van der Waals surface area contributed by atoms with Gasteiger partial charge in [0.05, 0.1) is 5.69 Å². The van der Waals surface area contributed by atoms with E-state index in [2.05, 4.69) is 20.1 Å². The smallest absolute Gasteiger partial charge is 0.768 e. The minimum Gasteiger partial charge on any atom is -0.768 e. The fraction of sp³-hybridized carbons (Fsp3) is 0.231. The van der Waals surface area contributed by atoms with Crippen molar-refractivity contribution in [2.45, 2.75) is 18.7 Å². The van der Waals surface area contributed by atoms with Crippen LogP contribution in [0.5, 0.6) is 0 Å². The monoisotopic (exact) mass is 407 g/mol. The largest absolute Gasteiger partial charge is 3.00 e. The predicted molar refractivity (Wildman–Crippen MR) is 79.0 cm³/mol. The van der Waals surface area contributed by atoms with Crippen molar-refractivity contribution >= 4 is 22.1 Å². The molecule has 0 aromatic carbocycles. The van der Waals surface area contributed by atoms with E-state index in [0.717, 1.165) is 5.69 Å². The Morgan fingerprint density at radius 3 is 2.65 bits per heavy atom. The van der Waals surface area contributed by atoms with Crippen LogP contribution in [0.1, 0.15) is 11.4 Å². The summed E-state index contributed by atoms with van der Waals surface area (Å²) in [5.41, 5.74) is 2.13. The Bertz CT molecular complexity index is 982. The molecule has 0 aliphatic heterocycles. The van der Waals surface area contributed by atoms with Crippen molar-refractivity contribution in [1.29, 1.82) is 0 Å². The standard InChI is InChI=1S/C13H13N5O3S.Y/c1-6-9(4-8(5-14-6)22(20)21)12-15-10-7(2)18(3)17-11(10)13(19)16-12;/h4-5H,1-3H3,(H,20,21)(H,15,16,19);/q;+3/p-1. The van der Waals surface area contributed by atoms with Gasteiger partial charge in [-0.25, -0.2) is 4.98 Å². The number of rotatable bonds is 2. The number of nitrogens with zero attached hydrogens (tertiary/aromatic N) is 4. The Labute approximate surface area is 158 Å². The van der Waals surface area contributed by atoms with E-state index in [9.17, 15) is 13.6 Å². The second kappa shape index (κ2) is 6.68. The number of aryl methyl sites for hydroxylation is 3. The molecule has 0 amide bonds. The molecule has 3 rings (SSSR count). The fourth-order valence-electron chi connectivity index (χ4n) is 2.16. The molecule has 0 spiro atoms. The Morgan fingerprint density at radius 1 is 1.30 bits per heavy atom. The van der Waals surface area contributed by atoms with Gasteiger partial charge in [0.1, 0.15) is 11.3 Å². The molecule has 0 fully saturated rings. The van der Waals surface area contributed by atoms with Crippen molar-refractivity contribution in [1.82, 2.24) is 24.7 Å². The molecule has 114 valence electrons. The second-order valence-electron chi connectivity index (χ2n) is 4.86. The molecule has 0 saturated carbocycles. The van der Waals surface area contributed by atoms with Crippen LogP contribution in [0.3, 0.4) is 0 Å². The Kier molecular flexibility index (Phi) is 5.25. The van der Waals surface area contributed by atoms with Crippen LogP contribution in [0.2, 0.25) is 0 Å². The summed E-state index contributed by atoms with van der Waals surface area (Å²) in [4.78, 5) is 23.3. The maximum atomic E-state index is 12.2. The minimum absolute atomic E-state index is 0. The maximum absolute atomic E-state index is 12.2. The third kappa shape index (κ3) is 3.19. The number of pyridine rings is 1. The van der Waals surface area contributed by atoms with Crippen molar-refractivity contribution in [3.8, 4) is 11.4 Å². The third-order valence-electron chi connectivity index (χ3n) is 3.48. The van der Waals surface area contributed by atoms with E-state index in [1.54, 1.807) is 25.6 Å². The number of hydrogen-bond donors (Lipinski definition) is 1. The molecule has 3 aromatic rings. The van der Waals surface area contributed by atoms with E-state index >= 15 is 0 Å². The summed E-state index contributed by atoms with van der Waals surface area (Å²) in [7, 11) is 1.73. The second-order valence-corrected chi connectivity index (χ2v) is 5.80. The number of hydrogen-bond acceptors (Lipinski definition) is 6. The zero-order chi connectivity index (χ0) is 16.0. The Hall–Kier alpha value is -1.29. The van der Waals surface area contributed by atoms with E-state index in [0.29, 0.717) is 16.8 Å². The quantitative estimate of drug-likeness (QED) is 0.621. The summed E-state index contributed by atoms with van der Waals surface area (Å²) in [6.07, 6.45) is 1.26. The number of nitrogens with one attached hydrogen (secondary N) is 1. The molecule has 1 unspecified atom stereocenters. The summed E-state index contributed by atoms with van der Waals surface area (Å²) < 4.78 is 23.7. The van der Waals surface area contributed by atoms with Crippen LogP contribution in [0.4, 0.5) is 0 Å². The number of aromatic amines is 1. The van der Waals surface area contributed by atoms with Crippen molar-refractivity contribution in [3.05, 3.63) is 34.0 Å². The zero-order valence-electron chi connectivity index (χ0n) is 12.7. The van der Waals surface area contributed by atoms with Gasteiger partial charge < -0.3 is 9.54 Å². The van der Waals surface area contributed by atoms with Gasteiger partial charge in [0, 0.05) is 29.4 Å². The number of H-pyrrole nitrogens is 1. The third-order valence-corrected chi connectivity index (χ3v) is 4.09. The number of fused-ring (bicyclic) bond motifs is 1. The molecule has 0 bridgehead atoms. The van der Waals surface area contributed by atoms with Gasteiger partial charge in [-0.3, -0.25) is 18.7 Å². The molecule has 8 nitrogen and oxygen atoms in total. The van der Waals surface area contributed by atoms with Crippen molar-refractivity contribution < 1.29 is 41.5 Å². The van der Waals surface area contributed by atoms with Gasteiger partial charge in [-0.05, 0) is 31.0 Å². The van der Waals surface area contributed by atoms with Gasteiger partial charge in [-0.1, -0.05) is 0 Å². The first-order chi connectivity index (χ1) is 10.4. The van der Waals surface area contributed by atoms with E-state index in [1.165, 1.54) is 12.3 Å². The van der Waals surface area contributed by atoms with E-state index in [1.807, 2.05) is 0 Å². The van der Waals surface area contributed by atoms with Gasteiger partial charge >= 0.3 is 32.7 Å².